The molecule has 5 heteroatoms. The third-order valence-corrected chi connectivity index (χ3v) is 1.41. The van der Waals surface area contributed by atoms with Gasteiger partial charge in [-0.3, -0.25) is 5.43 Å². The Labute approximate surface area is 81.7 Å². The van der Waals surface area contributed by atoms with Crippen LogP contribution >= 0.6 is 0 Å². The number of nitrogens with one attached hydrogen (secondary N) is 2. The quantitative estimate of drug-likeness (QED) is 0.704. The Morgan fingerprint density at radius 1 is 1.43 bits per heavy atom. The highest BCUT2D eigenvalue weighted by atomic mass is 19.1. The standard InChI is InChI=1S/C9H12FN3O/c1-13(2)12-9(14)11-8-5-3-4-7(10)6-8/h3-6H,1-2H3,(H2,11,12,14). The molecule has 0 unspecified atom stereocenters. The lowest BCUT2D eigenvalue weighted by Crippen LogP contribution is -2.39. The highest BCUT2D eigenvalue weighted by molar-refractivity contribution is 5.88. The summed E-state index contributed by atoms with van der Waals surface area (Å²) in [6, 6.07) is 5.30. The van der Waals surface area contributed by atoms with Gasteiger partial charge in [-0.05, 0) is 18.2 Å². The van der Waals surface area contributed by atoms with Crippen molar-refractivity contribution in [2.75, 3.05) is 19.4 Å². The molecule has 1 rings (SSSR count). The minimum Gasteiger partial charge on any atom is -0.307 e. The molecule has 0 saturated heterocycles. The van der Waals surface area contributed by atoms with Gasteiger partial charge >= 0.3 is 6.03 Å². The summed E-state index contributed by atoms with van der Waals surface area (Å²) in [4.78, 5) is 11.1. The summed E-state index contributed by atoms with van der Waals surface area (Å²) in [6.07, 6.45) is 0. The number of carbonyl (C=O) groups is 1. The molecule has 0 aliphatic rings. The van der Waals surface area contributed by atoms with Crippen molar-refractivity contribution in [1.29, 1.82) is 0 Å². The molecule has 1 aromatic carbocycles. The van der Waals surface area contributed by atoms with Crippen LogP contribution in [0.1, 0.15) is 0 Å². The van der Waals surface area contributed by atoms with E-state index in [1.165, 1.54) is 23.2 Å². The molecule has 0 fully saturated rings. The van der Waals surface area contributed by atoms with Gasteiger partial charge in [0.1, 0.15) is 5.82 Å². The fourth-order valence-electron chi connectivity index (χ4n) is 0.928. The van der Waals surface area contributed by atoms with Crippen molar-refractivity contribution in [1.82, 2.24) is 10.4 Å². The van der Waals surface area contributed by atoms with Gasteiger partial charge in [0.15, 0.2) is 0 Å². The molecule has 2 N–H and O–H groups in total. The summed E-state index contributed by atoms with van der Waals surface area (Å²) in [5, 5.41) is 3.98. The minimum absolute atomic E-state index is 0.382. The lowest BCUT2D eigenvalue weighted by atomic mass is 10.3. The van der Waals surface area contributed by atoms with E-state index in [2.05, 4.69) is 10.7 Å². The zero-order valence-corrected chi connectivity index (χ0v) is 8.04. The van der Waals surface area contributed by atoms with Crippen LogP contribution in [0.5, 0.6) is 0 Å². The maximum Gasteiger partial charge on any atom is 0.333 e. The Bertz CT molecular complexity index is 328. The van der Waals surface area contributed by atoms with E-state index in [-0.39, 0.29) is 5.82 Å². The Morgan fingerprint density at radius 2 is 2.14 bits per heavy atom. The van der Waals surface area contributed by atoms with Crippen molar-refractivity contribution in [3.63, 3.8) is 0 Å². The van der Waals surface area contributed by atoms with E-state index in [4.69, 9.17) is 0 Å². The molecule has 0 atom stereocenters. The number of urea groups is 1. The molecule has 0 aliphatic heterocycles. The summed E-state index contributed by atoms with van der Waals surface area (Å²) < 4.78 is 12.7. The van der Waals surface area contributed by atoms with E-state index < -0.39 is 6.03 Å². The second kappa shape index (κ2) is 4.57. The minimum atomic E-state index is -0.402. The van der Waals surface area contributed by atoms with Crippen molar-refractivity contribution >= 4 is 11.7 Å². The first-order valence-electron chi connectivity index (χ1n) is 4.08. The van der Waals surface area contributed by atoms with Crippen LogP contribution in [0.3, 0.4) is 0 Å². The Balaban J connectivity index is 2.56. The van der Waals surface area contributed by atoms with Crippen molar-refractivity contribution < 1.29 is 9.18 Å². The van der Waals surface area contributed by atoms with E-state index in [1.807, 2.05) is 0 Å². The molecule has 2 amide bonds. The lowest BCUT2D eigenvalue weighted by Gasteiger charge is -2.12. The average Bonchev–Trinajstić information content (AvgIpc) is 2.01. The van der Waals surface area contributed by atoms with Gasteiger partial charge in [-0.2, -0.15) is 0 Å². The largest absolute Gasteiger partial charge is 0.333 e. The first-order valence-corrected chi connectivity index (χ1v) is 4.08. The van der Waals surface area contributed by atoms with Crippen molar-refractivity contribution in [2.24, 2.45) is 0 Å². The molecule has 14 heavy (non-hydrogen) atoms. The van der Waals surface area contributed by atoms with E-state index in [9.17, 15) is 9.18 Å². The number of hydrazine groups is 1. The maximum atomic E-state index is 12.7. The summed E-state index contributed by atoms with van der Waals surface area (Å²) in [5.74, 6) is -0.382. The molecule has 0 radical (unpaired) electrons. The third-order valence-electron chi connectivity index (χ3n) is 1.41. The van der Waals surface area contributed by atoms with Crippen molar-refractivity contribution in [3.8, 4) is 0 Å². The highest BCUT2D eigenvalue weighted by Gasteiger charge is 2.01. The first kappa shape index (κ1) is 10.5. The molecule has 0 heterocycles. The van der Waals surface area contributed by atoms with E-state index >= 15 is 0 Å². The van der Waals surface area contributed by atoms with Gasteiger partial charge in [-0.1, -0.05) is 6.07 Å². The summed E-state index contributed by atoms with van der Waals surface area (Å²) in [6.45, 7) is 0. The molecule has 0 bridgehead atoms. The third kappa shape index (κ3) is 3.40. The summed E-state index contributed by atoms with van der Waals surface area (Å²) in [5.41, 5.74) is 2.89. The number of benzene rings is 1. The second-order valence-electron chi connectivity index (χ2n) is 2.97. The first-order chi connectivity index (χ1) is 6.58. The molecule has 0 aromatic heterocycles. The van der Waals surface area contributed by atoms with Crippen LogP contribution < -0.4 is 10.7 Å². The van der Waals surface area contributed by atoms with Crippen molar-refractivity contribution in [2.45, 2.75) is 0 Å². The monoisotopic (exact) mass is 197 g/mol. The molecule has 0 spiro atoms. The number of hydrogen-bond acceptors (Lipinski definition) is 2. The van der Waals surface area contributed by atoms with Crippen LogP contribution in [0.15, 0.2) is 24.3 Å². The van der Waals surface area contributed by atoms with E-state index in [0.29, 0.717) is 5.69 Å². The number of carbonyl (C=O) groups excluding carboxylic acids is 1. The van der Waals surface area contributed by atoms with Crippen LogP contribution in [0.25, 0.3) is 0 Å². The van der Waals surface area contributed by atoms with E-state index in [1.54, 1.807) is 20.2 Å². The number of hydrogen-bond donors (Lipinski definition) is 2. The molecular weight excluding hydrogens is 185 g/mol. The van der Waals surface area contributed by atoms with Crippen LogP contribution in [-0.4, -0.2) is 25.1 Å². The smallest absolute Gasteiger partial charge is 0.307 e. The van der Waals surface area contributed by atoms with Gasteiger partial charge in [0.25, 0.3) is 0 Å². The summed E-state index contributed by atoms with van der Waals surface area (Å²) in [7, 11) is 3.37. The van der Waals surface area contributed by atoms with Crippen LogP contribution in [-0.2, 0) is 0 Å². The molecule has 76 valence electrons. The Morgan fingerprint density at radius 3 is 2.71 bits per heavy atom. The van der Waals surface area contributed by atoms with E-state index in [0.717, 1.165) is 0 Å². The zero-order valence-electron chi connectivity index (χ0n) is 8.04. The SMILES string of the molecule is CN(C)NC(=O)Nc1cccc(F)c1. The van der Waals surface area contributed by atoms with Gasteiger partial charge < -0.3 is 5.32 Å². The Hall–Kier alpha value is -1.62. The fourth-order valence-corrected chi connectivity index (χ4v) is 0.928. The van der Waals surface area contributed by atoms with Crippen LogP contribution in [0, 0.1) is 5.82 Å². The molecule has 0 saturated carbocycles. The summed E-state index contributed by atoms with van der Waals surface area (Å²) >= 11 is 0. The molecule has 1 aromatic rings. The lowest BCUT2D eigenvalue weighted by molar-refractivity contribution is 0.224. The maximum absolute atomic E-state index is 12.7. The van der Waals surface area contributed by atoms with Crippen LogP contribution in [0.4, 0.5) is 14.9 Å². The predicted molar refractivity (Wildman–Crippen MR) is 52.2 cm³/mol. The van der Waals surface area contributed by atoms with Gasteiger partial charge in [-0.25, -0.2) is 14.2 Å². The number of nitrogens with zero attached hydrogens (tertiary/aromatic N) is 1. The number of anilines is 1. The second-order valence-corrected chi connectivity index (χ2v) is 2.97. The normalized spacial score (nSPS) is 10.0. The predicted octanol–water partition coefficient (Wildman–Crippen LogP) is 1.42. The van der Waals surface area contributed by atoms with Gasteiger partial charge in [0.2, 0.25) is 0 Å². The molecule has 4 nitrogen and oxygen atoms in total. The number of amides is 2. The Kier molecular flexibility index (Phi) is 3.41. The molecular formula is C9H12FN3O. The number of rotatable bonds is 2. The van der Waals surface area contributed by atoms with Crippen molar-refractivity contribution in [3.05, 3.63) is 30.1 Å². The van der Waals surface area contributed by atoms with Crippen LogP contribution in [0.2, 0.25) is 0 Å². The van der Waals surface area contributed by atoms with Gasteiger partial charge in [0, 0.05) is 19.8 Å². The topological polar surface area (TPSA) is 44.4 Å². The average molecular weight is 197 g/mol. The van der Waals surface area contributed by atoms with Gasteiger partial charge in [0.05, 0.1) is 0 Å². The highest BCUT2D eigenvalue weighted by Crippen LogP contribution is 2.08. The zero-order chi connectivity index (χ0) is 10.6. The number of halogens is 1. The molecule has 0 aliphatic carbocycles. The fraction of sp³-hybridized carbons (Fsp3) is 0.222. The van der Waals surface area contributed by atoms with Gasteiger partial charge in [-0.15, -0.1) is 0 Å².